The number of methoxy groups -OCH3 is 2. The summed E-state index contributed by atoms with van der Waals surface area (Å²) in [4.78, 5) is 26.2. The van der Waals surface area contributed by atoms with Crippen LogP contribution in [0.2, 0.25) is 5.02 Å². The van der Waals surface area contributed by atoms with E-state index in [4.69, 9.17) is 35.0 Å². The Morgan fingerprint density at radius 2 is 1.38 bits per heavy atom. The molecule has 34 heavy (non-hydrogen) atoms. The summed E-state index contributed by atoms with van der Waals surface area (Å²) in [5.41, 5.74) is 2.44. The van der Waals surface area contributed by atoms with Crippen LogP contribution in [0.4, 0.5) is 0 Å². The van der Waals surface area contributed by atoms with Gasteiger partial charge in [0.15, 0.2) is 0 Å². The van der Waals surface area contributed by atoms with E-state index in [1.54, 1.807) is 38.1 Å². The second kappa shape index (κ2) is 11.9. The zero-order valence-electron chi connectivity index (χ0n) is 19.6. The molecule has 0 spiro atoms. The highest BCUT2D eigenvalue weighted by Gasteiger charge is 2.40. The first-order valence-corrected chi connectivity index (χ1v) is 11.1. The number of hydrogen-bond acceptors (Lipinski definition) is 8. The Labute approximate surface area is 203 Å². The second-order valence-electron chi connectivity index (χ2n) is 7.60. The first kappa shape index (κ1) is 25.6. The van der Waals surface area contributed by atoms with Crippen LogP contribution in [0.5, 0.6) is 0 Å². The van der Waals surface area contributed by atoms with Gasteiger partial charge in [0.2, 0.25) is 0 Å². The molecule has 1 aromatic heterocycles. The molecule has 1 aliphatic rings. The van der Waals surface area contributed by atoms with Crippen LogP contribution < -0.4 is 5.32 Å². The summed E-state index contributed by atoms with van der Waals surface area (Å²) in [5.74, 6) is -1.01. The Hall–Kier alpha value is -3.07. The summed E-state index contributed by atoms with van der Waals surface area (Å²) in [5, 5.41) is 3.71. The van der Waals surface area contributed by atoms with Crippen molar-refractivity contribution >= 4 is 23.5 Å². The molecule has 0 amide bonds. The maximum atomic E-state index is 13.1. The van der Waals surface area contributed by atoms with Crippen LogP contribution in [-0.2, 0) is 28.5 Å². The number of dihydropyridines is 1. The van der Waals surface area contributed by atoms with Gasteiger partial charge in [-0.1, -0.05) is 11.6 Å². The van der Waals surface area contributed by atoms with Gasteiger partial charge >= 0.3 is 11.9 Å². The molecule has 3 rings (SSSR count). The zero-order valence-corrected chi connectivity index (χ0v) is 20.4. The van der Waals surface area contributed by atoms with E-state index in [9.17, 15) is 9.59 Å². The molecule has 0 saturated carbocycles. The zero-order chi connectivity index (χ0) is 24.7. The standard InChI is InChI=1S/C25H28ClNO7/c1-15-21(24(28)32-13-11-30-3)23(22(16(2)27-15)25(29)33-14-12-31-4)20-10-9-19(34-20)17-5-7-18(26)8-6-17/h5-10,23,27H,11-14H2,1-4H3. The van der Waals surface area contributed by atoms with E-state index in [-0.39, 0.29) is 37.6 Å². The molecule has 1 N–H and O–H groups in total. The number of benzene rings is 1. The van der Waals surface area contributed by atoms with Crippen molar-refractivity contribution in [2.24, 2.45) is 0 Å². The van der Waals surface area contributed by atoms with Gasteiger partial charge in [-0.25, -0.2) is 9.59 Å². The number of ether oxygens (including phenoxy) is 4. The number of nitrogens with one attached hydrogen (secondary N) is 1. The molecule has 8 nitrogen and oxygen atoms in total. The van der Waals surface area contributed by atoms with Crippen molar-refractivity contribution < 1.29 is 33.0 Å². The largest absolute Gasteiger partial charge is 0.460 e. The first-order valence-electron chi connectivity index (χ1n) is 10.7. The number of allylic oxidation sites excluding steroid dienone is 2. The highest BCUT2D eigenvalue weighted by molar-refractivity contribution is 6.30. The molecule has 0 aliphatic carbocycles. The van der Waals surface area contributed by atoms with E-state index in [1.165, 1.54) is 14.2 Å². The van der Waals surface area contributed by atoms with Gasteiger partial charge in [-0.3, -0.25) is 0 Å². The molecule has 9 heteroatoms. The third kappa shape index (κ3) is 5.88. The van der Waals surface area contributed by atoms with Gasteiger partial charge in [-0.05, 0) is 50.2 Å². The lowest BCUT2D eigenvalue weighted by atomic mass is 9.83. The summed E-state index contributed by atoms with van der Waals surface area (Å²) >= 11 is 6.00. The molecule has 0 radical (unpaired) electrons. The summed E-state index contributed by atoms with van der Waals surface area (Å²) < 4.78 is 26.9. The van der Waals surface area contributed by atoms with E-state index < -0.39 is 17.9 Å². The molecule has 1 aromatic carbocycles. The Bertz CT molecular complexity index is 1040. The van der Waals surface area contributed by atoms with Crippen LogP contribution in [0.25, 0.3) is 11.3 Å². The van der Waals surface area contributed by atoms with Gasteiger partial charge in [0.05, 0.1) is 30.3 Å². The summed E-state index contributed by atoms with van der Waals surface area (Å²) in [7, 11) is 3.04. The molecule has 2 aromatic rings. The fourth-order valence-corrected chi connectivity index (χ4v) is 3.81. The Morgan fingerprint density at radius 1 is 0.853 bits per heavy atom. The molecule has 0 unspecified atom stereocenters. The fourth-order valence-electron chi connectivity index (χ4n) is 3.69. The van der Waals surface area contributed by atoms with E-state index in [1.807, 2.05) is 12.1 Å². The van der Waals surface area contributed by atoms with E-state index in [0.717, 1.165) is 5.56 Å². The van der Waals surface area contributed by atoms with Gasteiger partial charge in [0.25, 0.3) is 0 Å². The van der Waals surface area contributed by atoms with Crippen molar-refractivity contribution in [2.45, 2.75) is 19.8 Å². The minimum absolute atomic E-state index is 0.0727. The molecule has 182 valence electrons. The predicted octanol–water partition coefficient (Wildman–Crippen LogP) is 4.21. The minimum atomic E-state index is -0.826. The van der Waals surface area contributed by atoms with Crippen LogP contribution in [0.15, 0.2) is 63.4 Å². The topological polar surface area (TPSA) is 96.2 Å². The van der Waals surface area contributed by atoms with E-state index >= 15 is 0 Å². The summed E-state index contributed by atoms with van der Waals surface area (Å²) in [6.07, 6.45) is 0. The molecule has 0 fully saturated rings. The number of rotatable bonds is 10. The minimum Gasteiger partial charge on any atom is -0.460 e. The van der Waals surface area contributed by atoms with Crippen molar-refractivity contribution in [3.63, 3.8) is 0 Å². The average Bonchev–Trinajstić information content (AvgIpc) is 3.29. The predicted molar refractivity (Wildman–Crippen MR) is 126 cm³/mol. The van der Waals surface area contributed by atoms with Crippen molar-refractivity contribution in [3.8, 4) is 11.3 Å². The smallest absolute Gasteiger partial charge is 0.336 e. The van der Waals surface area contributed by atoms with Crippen LogP contribution in [0.1, 0.15) is 25.5 Å². The average molecular weight is 490 g/mol. The lowest BCUT2D eigenvalue weighted by Crippen LogP contribution is -2.33. The summed E-state index contributed by atoms with van der Waals surface area (Å²) in [6.45, 7) is 4.14. The van der Waals surface area contributed by atoms with Gasteiger partial charge in [0, 0.05) is 36.2 Å². The SMILES string of the molecule is COCCOC(=O)C1=C(C)NC(C)=C(C(=O)OCCOC)C1c1ccc(-c2ccc(Cl)cc2)o1. The Balaban J connectivity index is 2.02. The normalized spacial score (nSPS) is 14.3. The third-order valence-electron chi connectivity index (χ3n) is 5.28. The number of esters is 2. The number of furan rings is 1. The Kier molecular flexibility index (Phi) is 8.92. The Morgan fingerprint density at radius 3 is 1.88 bits per heavy atom. The van der Waals surface area contributed by atoms with Gasteiger partial charge < -0.3 is 28.7 Å². The molecule has 2 heterocycles. The lowest BCUT2D eigenvalue weighted by Gasteiger charge is -2.29. The number of carbonyl (C=O) groups is 2. The maximum absolute atomic E-state index is 13.1. The lowest BCUT2D eigenvalue weighted by molar-refractivity contribution is -0.141. The second-order valence-corrected chi connectivity index (χ2v) is 8.04. The number of hydrogen-bond donors (Lipinski definition) is 1. The van der Waals surface area contributed by atoms with Crippen LogP contribution >= 0.6 is 11.6 Å². The monoisotopic (exact) mass is 489 g/mol. The molecular formula is C25H28ClNO7. The number of halogens is 1. The van der Waals surface area contributed by atoms with Gasteiger partial charge in [0.1, 0.15) is 24.7 Å². The molecular weight excluding hydrogens is 462 g/mol. The van der Waals surface area contributed by atoms with E-state index in [2.05, 4.69) is 5.32 Å². The van der Waals surface area contributed by atoms with Gasteiger partial charge in [-0.2, -0.15) is 0 Å². The van der Waals surface area contributed by atoms with Crippen LogP contribution in [0.3, 0.4) is 0 Å². The highest BCUT2D eigenvalue weighted by atomic mass is 35.5. The third-order valence-corrected chi connectivity index (χ3v) is 5.53. The van der Waals surface area contributed by atoms with Crippen molar-refractivity contribution in [3.05, 3.63) is 69.7 Å². The maximum Gasteiger partial charge on any atom is 0.336 e. The van der Waals surface area contributed by atoms with Gasteiger partial charge in [-0.15, -0.1) is 0 Å². The van der Waals surface area contributed by atoms with Crippen molar-refractivity contribution in [1.82, 2.24) is 5.32 Å². The fraction of sp³-hybridized carbons (Fsp3) is 0.360. The van der Waals surface area contributed by atoms with Crippen molar-refractivity contribution in [2.75, 3.05) is 40.6 Å². The first-order chi connectivity index (χ1) is 16.4. The molecule has 0 bridgehead atoms. The van der Waals surface area contributed by atoms with Crippen LogP contribution in [-0.4, -0.2) is 52.6 Å². The highest BCUT2D eigenvalue weighted by Crippen LogP contribution is 2.41. The molecule has 1 aliphatic heterocycles. The van der Waals surface area contributed by atoms with Crippen LogP contribution in [0, 0.1) is 0 Å². The van der Waals surface area contributed by atoms with Crippen molar-refractivity contribution in [1.29, 1.82) is 0 Å². The molecule has 0 atom stereocenters. The number of carbonyl (C=O) groups excluding carboxylic acids is 2. The van der Waals surface area contributed by atoms with E-state index in [0.29, 0.717) is 27.9 Å². The quantitative estimate of drug-likeness (QED) is 0.391. The summed E-state index contributed by atoms with van der Waals surface area (Å²) in [6, 6.07) is 10.7. The molecule has 0 saturated heterocycles.